The maximum Gasteiger partial charge on any atom is 0.326 e. The number of carboxylic acids is 2. The number of rotatable bonds is 5. The molecule has 19 heavy (non-hydrogen) atoms. The summed E-state index contributed by atoms with van der Waals surface area (Å²) in [5.41, 5.74) is 0.426. The number of hydrogen-bond donors (Lipinski definition) is 3. The van der Waals surface area contributed by atoms with Crippen molar-refractivity contribution in [1.82, 2.24) is 5.32 Å². The summed E-state index contributed by atoms with van der Waals surface area (Å²) in [4.78, 5) is 33.1. The maximum atomic E-state index is 12.9. The first-order valence-electron chi connectivity index (χ1n) is 5.33. The second-order valence-corrected chi connectivity index (χ2v) is 3.92. The molecular formula is C12H12FNO5. The molecule has 6 nitrogen and oxygen atoms in total. The first kappa shape index (κ1) is 14.6. The van der Waals surface area contributed by atoms with Crippen LogP contribution in [-0.2, 0) is 9.59 Å². The number of amides is 1. The summed E-state index contributed by atoms with van der Waals surface area (Å²) >= 11 is 0. The Morgan fingerprint density at radius 2 is 1.95 bits per heavy atom. The third-order valence-electron chi connectivity index (χ3n) is 2.42. The Bertz CT molecular complexity index is 529. The van der Waals surface area contributed by atoms with Crippen LogP contribution in [0, 0.1) is 12.7 Å². The van der Waals surface area contributed by atoms with Crippen molar-refractivity contribution in [3.63, 3.8) is 0 Å². The lowest BCUT2D eigenvalue weighted by Crippen LogP contribution is -2.42. The van der Waals surface area contributed by atoms with Crippen molar-refractivity contribution in [1.29, 1.82) is 0 Å². The fourth-order valence-electron chi connectivity index (χ4n) is 1.49. The molecule has 1 rings (SSSR count). The Hall–Kier alpha value is -2.44. The summed E-state index contributed by atoms with van der Waals surface area (Å²) in [5.74, 6) is -4.07. The quantitative estimate of drug-likeness (QED) is 0.733. The van der Waals surface area contributed by atoms with Crippen molar-refractivity contribution in [2.45, 2.75) is 19.4 Å². The topological polar surface area (TPSA) is 104 Å². The first-order valence-corrected chi connectivity index (χ1v) is 5.33. The first-order chi connectivity index (χ1) is 8.81. The lowest BCUT2D eigenvalue weighted by atomic mass is 10.1. The predicted molar refractivity (Wildman–Crippen MR) is 62.3 cm³/mol. The van der Waals surface area contributed by atoms with Gasteiger partial charge in [0, 0.05) is 5.56 Å². The minimum atomic E-state index is -1.53. The van der Waals surface area contributed by atoms with Crippen LogP contribution in [-0.4, -0.2) is 34.1 Å². The molecule has 0 saturated heterocycles. The van der Waals surface area contributed by atoms with E-state index in [-0.39, 0.29) is 5.56 Å². The second kappa shape index (κ2) is 5.94. The zero-order valence-corrected chi connectivity index (χ0v) is 10.0. The minimum absolute atomic E-state index is 0.0954. The highest BCUT2D eigenvalue weighted by Gasteiger charge is 2.24. The molecule has 3 N–H and O–H groups in total. The average Bonchev–Trinajstić information content (AvgIpc) is 2.26. The van der Waals surface area contributed by atoms with Crippen LogP contribution < -0.4 is 5.32 Å². The molecule has 0 radical (unpaired) electrons. The number of benzene rings is 1. The van der Waals surface area contributed by atoms with Crippen molar-refractivity contribution in [2.75, 3.05) is 0 Å². The Labute approximate surface area is 107 Å². The highest BCUT2D eigenvalue weighted by molar-refractivity contribution is 5.98. The van der Waals surface area contributed by atoms with Gasteiger partial charge in [0.1, 0.15) is 11.9 Å². The smallest absolute Gasteiger partial charge is 0.326 e. The van der Waals surface area contributed by atoms with E-state index in [1.807, 2.05) is 0 Å². The van der Waals surface area contributed by atoms with Crippen LogP contribution in [0.5, 0.6) is 0 Å². The van der Waals surface area contributed by atoms with Gasteiger partial charge >= 0.3 is 11.9 Å². The molecule has 0 aliphatic carbocycles. The largest absolute Gasteiger partial charge is 0.481 e. The number of aryl methyl sites for hydroxylation is 1. The lowest BCUT2D eigenvalue weighted by molar-refractivity contribution is -0.145. The number of carbonyl (C=O) groups is 3. The van der Waals surface area contributed by atoms with Crippen LogP contribution in [0.3, 0.4) is 0 Å². The van der Waals surface area contributed by atoms with Crippen LogP contribution in [0.25, 0.3) is 0 Å². The van der Waals surface area contributed by atoms with Gasteiger partial charge in [-0.25, -0.2) is 9.18 Å². The van der Waals surface area contributed by atoms with E-state index in [9.17, 15) is 18.8 Å². The summed E-state index contributed by atoms with van der Waals surface area (Å²) in [6, 6.07) is 1.87. The van der Waals surface area contributed by atoms with Gasteiger partial charge in [0.25, 0.3) is 5.91 Å². The van der Waals surface area contributed by atoms with Crippen molar-refractivity contribution < 1.29 is 29.0 Å². The number of halogens is 1. The molecular weight excluding hydrogens is 257 g/mol. The summed E-state index contributed by atoms with van der Waals surface area (Å²) in [6.07, 6.45) is -0.735. The molecule has 1 amide bonds. The molecule has 0 spiro atoms. The number of hydrogen-bond acceptors (Lipinski definition) is 3. The van der Waals surface area contributed by atoms with Crippen LogP contribution in [0.2, 0.25) is 0 Å². The Morgan fingerprint density at radius 1 is 1.32 bits per heavy atom. The summed E-state index contributed by atoms with van der Waals surface area (Å²) in [5, 5.41) is 19.4. The third-order valence-corrected chi connectivity index (χ3v) is 2.42. The zero-order chi connectivity index (χ0) is 14.6. The van der Waals surface area contributed by atoms with Crippen LogP contribution in [0.4, 0.5) is 4.39 Å². The normalized spacial score (nSPS) is 11.7. The van der Waals surface area contributed by atoms with Gasteiger partial charge < -0.3 is 15.5 Å². The highest BCUT2D eigenvalue weighted by Crippen LogP contribution is 2.10. The van der Waals surface area contributed by atoms with Gasteiger partial charge in [-0.2, -0.15) is 0 Å². The summed E-state index contributed by atoms with van der Waals surface area (Å²) < 4.78 is 12.9. The van der Waals surface area contributed by atoms with E-state index < -0.39 is 36.1 Å². The molecule has 0 fully saturated rings. The summed E-state index contributed by atoms with van der Waals surface area (Å²) in [6.45, 7) is 1.49. The van der Waals surface area contributed by atoms with Gasteiger partial charge in [-0.15, -0.1) is 0 Å². The Kier molecular flexibility index (Phi) is 4.57. The molecule has 0 aromatic heterocycles. The van der Waals surface area contributed by atoms with E-state index in [0.717, 1.165) is 12.1 Å². The highest BCUT2D eigenvalue weighted by atomic mass is 19.1. The second-order valence-electron chi connectivity index (χ2n) is 3.92. The number of aliphatic carboxylic acids is 2. The molecule has 0 unspecified atom stereocenters. The van der Waals surface area contributed by atoms with Crippen LogP contribution in [0.1, 0.15) is 22.3 Å². The average molecular weight is 269 g/mol. The molecule has 102 valence electrons. The van der Waals surface area contributed by atoms with E-state index in [0.29, 0.717) is 5.56 Å². The van der Waals surface area contributed by atoms with Crippen LogP contribution >= 0.6 is 0 Å². The van der Waals surface area contributed by atoms with Gasteiger partial charge in [-0.1, -0.05) is 0 Å². The number of nitrogens with one attached hydrogen (secondary N) is 1. The molecule has 1 atom stereocenters. The van der Waals surface area contributed by atoms with Gasteiger partial charge in [-0.3, -0.25) is 9.59 Å². The van der Waals surface area contributed by atoms with E-state index in [1.165, 1.54) is 13.0 Å². The lowest BCUT2D eigenvalue weighted by Gasteiger charge is -2.13. The zero-order valence-electron chi connectivity index (χ0n) is 10.0. The van der Waals surface area contributed by atoms with Gasteiger partial charge in [-0.05, 0) is 30.7 Å². The van der Waals surface area contributed by atoms with E-state index >= 15 is 0 Å². The number of carbonyl (C=O) groups excluding carboxylic acids is 1. The van der Waals surface area contributed by atoms with Gasteiger partial charge in [0.15, 0.2) is 0 Å². The Morgan fingerprint density at radius 3 is 2.42 bits per heavy atom. The maximum absolute atomic E-state index is 12.9. The van der Waals surface area contributed by atoms with Crippen molar-refractivity contribution >= 4 is 17.8 Å². The molecule has 7 heteroatoms. The fraction of sp³-hybridized carbons (Fsp3) is 0.250. The molecule has 0 aliphatic heterocycles. The molecule has 1 aromatic rings. The molecule has 0 bridgehead atoms. The number of carboxylic acid groups (broad SMARTS) is 2. The molecule has 0 heterocycles. The molecule has 0 saturated carbocycles. The summed E-state index contributed by atoms with van der Waals surface area (Å²) in [7, 11) is 0. The molecule has 1 aromatic carbocycles. The van der Waals surface area contributed by atoms with Crippen molar-refractivity contribution in [3.05, 3.63) is 35.1 Å². The van der Waals surface area contributed by atoms with Gasteiger partial charge in [0.2, 0.25) is 0 Å². The van der Waals surface area contributed by atoms with Crippen molar-refractivity contribution in [2.24, 2.45) is 0 Å². The third kappa shape index (κ3) is 4.06. The fourth-order valence-corrected chi connectivity index (χ4v) is 1.49. The predicted octanol–water partition coefficient (Wildman–Crippen LogP) is 0.792. The standard InChI is InChI=1S/C12H12FNO5/c1-6-4-7(13)2-3-8(6)11(17)14-9(12(18)19)5-10(15)16/h2-4,9H,5H2,1H3,(H,14,17)(H,15,16)(H,18,19)/t9-/m1/s1. The van der Waals surface area contributed by atoms with Gasteiger partial charge in [0.05, 0.1) is 6.42 Å². The minimum Gasteiger partial charge on any atom is -0.481 e. The van der Waals surface area contributed by atoms with E-state index in [4.69, 9.17) is 10.2 Å². The van der Waals surface area contributed by atoms with Crippen LogP contribution in [0.15, 0.2) is 18.2 Å². The monoisotopic (exact) mass is 269 g/mol. The van der Waals surface area contributed by atoms with E-state index in [2.05, 4.69) is 5.32 Å². The van der Waals surface area contributed by atoms with Crippen molar-refractivity contribution in [3.8, 4) is 0 Å². The Balaban J connectivity index is 2.87. The molecule has 0 aliphatic rings. The SMILES string of the molecule is Cc1cc(F)ccc1C(=O)N[C@H](CC(=O)O)C(=O)O. The van der Waals surface area contributed by atoms with E-state index in [1.54, 1.807) is 0 Å².